The third kappa shape index (κ3) is 3.80. The largest absolute Gasteiger partial charge is 0.507 e. The van der Waals surface area contributed by atoms with Crippen LogP contribution >= 0.6 is 0 Å². The number of ether oxygens (including phenoxy) is 2. The average Bonchev–Trinajstić information content (AvgIpc) is 2.74. The summed E-state index contributed by atoms with van der Waals surface area (Å²) in [5.74, 6) is 1.20. The average molecular weight is 396 g/mol. The molecule has 1 saturated heterocycles. The van der Waals surface area contributed by atoms with E-state index in [2.05, 4.69) is 6.92 Å². The molecule has 2 N–H and O–H groups in total. The van der Waals surface area contributed by atoms with Gasteiger partial charge in [0.2, 0.25) is 11.2 Å². The van der Waals surface area contributed by atoms with Crippen LogP contribution in [-0.4, -0.2) is 24.8 Å². The molecule has 0 amide bonds. The summed E-state index contributed by atoms with van der Waals surface area (Å²) >= 11 is 0. The molecule has 29 heavy (non-hydrogen) atoms. The van der Waals surface area contributed by atoms with Crippen molar-refractivity contribution < 1.29 is 23.9 Å². The molecule has 2 aromatic carbocycles. The Hall–Kier alpha value is -2.99. The molecule has 0 radical (unpaired) electrons. The Morgan fingerprint density at radius 3 is 2.69 bits per heavy atom. The van der Waals surface area contributed by atoms with E-state index in [0.717, 1.165) is 6.54 Å². The summed E-state index contributed by atoms with van der Waals surface area (Å²) in [5, 5.41) is 10.9. The maximum atomic E-state index is 13.0. The van der Waals surface area contributed by atoms with Crippen molar-refractivity contribution in [3.05, 3.63) is 58.4 Å². The Bertz CT molecular complexity index is 1070. The van der Waals surface area contributed by atoms with E-state index < -0.39 is 0 Å². The van der Waals surface area contributed by atoms with E-state index >= 15 is 0 Å². The van der Waals surface area contributed by atoms with Crippen LogP contribution in [0.4, 0.5) is 0 Å². The van der Waals surface area contributed by atoms with Crippen molar-refractivity contribution in [1.82, 2.24) is 0 Å². The van der Waals surface area contributed by atoms with Crippen LogP contribution in [0.5, 0.6) is 23.0 Å². The van der Waals surface area contributed by atoms with Crippen molar-refractivity contribution >= 4 is 11.0 Å². The van der Waals surface area contributed by atoms with E-state index in [1.807, 2.05) is 6.07 Å². The minimum Gasteiger partial charge on any atom is -0.507 e. The molecule has 2 atom stereocenters. The standard InChI is InChI=1S/C23H25NO5/c1-15-7-5-6-12-24(15)13-17-18(25)11-10-16-22(26)21(14-28-23(16)17)29-20-9-4-3-8-19(20)27-2/h3-4,8-11,14-15,25H,5-7,12-13H2,1-2H3/p+1/t15-/m1/s1. The molecule has 1 aliphatic heterocycles. The predicted octanol–water partition coefficient (Wildman–Crippen LogP) is 3.26. The molecular weight excluding hydrogens is 370 g/mol. The van der Waals surface area contributed by atoms with Crippen LogP contribution < -0.4 is 19.8 Å². The molecule has 0 saturated carbocycles. The second-order valence-electron chi connectivity index (χ2n) is 7.60. The van der Waals surface area contributed by atoms with Crippen molar-refractivity contribution in [1.29, 1.82) is 0 Å². The lowest BCUT2D eigenvalue weighted by atomic mass is 10.0. The quantitative estimate of drug-likeness (QED) is 0.693. The summed E-state index contributed by atoms with van der Waals surface area (Å²) in [5.41, 5.74) is 0.819. The van der Waals surface area contributed by atoms with Gasteiger partial charge in [-0.15, -0.1) is 0 Å². The minimum absolute atomic E-state index is 0.0809. The van der Waals surface area contributed by atoms with Crippen LogP contribution in [0.1, 0.15) is 31.7 Å². The Morgan fingerprint density at radius 1 is 1.14 bits per heavy atom. The lowest BCUT2D eigenvalue weighted by molar-refractivity contribution is -0.941. The van der Waals surface area contributed by atoms with Crippen LogP contribution in [0.25, 0.3) is 11.0 Å². The zero-order chi connectivity index (χ0) is 20.4. The van der Waals surface area contributed by atoms with Crippen molar-refractivity contribution in [2.24, 2.45) is 0 Å². The van der Waals surface area contributed by atoms with Gasteiger partial charge in [-0.25, -0.2) is 0 Å². The number of aromatic hydroxyl groups is 1. The number of nitrogens with one attached hydrogen (secondary N) is 1. The van der Waals surface area contributed by atoms with E-state index in [1.54, 1.807) is 37.4 Å². The number of phenols is 1. The third-order valence-corrected chi connectivity index (χ3v) is 5.76. The highest BCUT2D eigenvalue weighted by atomic mass is 16.5. The first-order chi connectivity index (χ1) is 14.1. The fourth-order valence-corrected chi connectivity index (χ4v) is 4.04. The smallest absolute Gasteiger partial charge is 0.235 e. The number of hydrogen-bond acceptors (Lipinski definition) is 5. The van der Waals surface area contributed by atoms with Crippen molar-refractivity contribution in [2.75, 3.05) is 13.7 Å². The summed E-state index contributed by atoms with van der Waals surface area (Å²) in [6.45, 7) is 3.91. The number of rotatable bonds is 5. The number of piperidine rings is 1. The molecule has 4 rings (SSSR count). The first kappa shape index (κ1) is 19.3. The number of quaternary nitrogens is 1. The molecule has 152 valence electrons. The fraction of sp³-hybridized carbons (Fsp3) is 0.348. The lowest BCUT2D eigenvalue weighted by Crippen LogP contribution is -3.14. The molecule has 0 aliphatic carbocycles. The molecule has 1 unspecified atom stereocenters. The van der Waals surface area contributed by atoms with Crippen LogP contribution in [0.15, 0.2) is 51.9 Å². The van der Waals surface area contributed by atoms with Crippen molar-refractivity contribution in [2.45, 2.75) is 38.8 Å². The number of likely N-dealkylation sites (tertiary alicyclic amines) is 1. The number of fused-ring (bicyclic) bond motifs is 1. The zero-order valence-corrected chi connectivity index (χ0v) is 16.7. The topological polar surface area (TPSA) is 73.3 Å². The highest BCUT2D eigenvalue weighted by molar-refractivity contribution is 5.82. The van der Waals surface area contributed by atoms with E-state index in [4.69, 9.17) is 13.9 Å². The number of hydrogen-bond donors (Lipinski definition) is 2. The summed E-state index contributed by atoms with van der Waals surface area (Å²) in [7, 11) is 1.55. The molecule has 3 aromatic rings. The molecular formula is C23H26NO5+. The molecule has 1 fully saturated rings. The van der Waals surface area contributed by atoms with Crippen LogP contribution in [-0.2, 0) is 6.54 Å². The summed E-state index contributed by atoms with van der Waals surface area (Å²) in [4.78, 5) is 14.4. The third-order valence-electron chi connectivity index (χ3n) is 5.76. The van der Waals surface area contributed by atoms with Gasteiger partial charge in [-0.05, 0) is 50.5 Å². The maximum Gasteiger partial charge on any atom is 0.235 e. The van der Waals surface area contributed by atoms with E-state index in [9.17, 15) is 9.90 Å². The Kier molecular flexibility index (Phi) is 5.45. The second-order valence-corrected chi connectivity index (χ2v) is 7.60. The molecule has 1 aliphatic rings. The minimum atomic E-state index is -0.278. The van der Waals surface area contributed by atoms with Gasteiger partial charge in [-0.2, -0.15) is 0 Å². The fourth-order valence-electron chi connectivity index (χ4n) is 4.04. The van der Waals surface area contributed by atoms with Gasteiger partial charge in [0.25, 0.3) is 0 Å². The summed E-state index contributed by atoms with van der Waals surface area (Å²) in [6.07, 6.45) is 4.90. The Labute approximate surface area is 169 Å². The Morgan fingerprint density at radius 2 is 1.93 bits per heavy atom. The summed E-state index contributed by atoms with van der Waals surface area (Å²) in [6, 6.07) is 10.8. The highest BCUT2D eigenvalue weighted by Crippen LogP contribution is 2.32. The van der Waals surface area contributed by atoms with Crippen LogP contribution in [0.3, 0.4) is 0 Å². The molecule has 0 spiro atoms. The van der Waals surface area contributed by atoms with Gasteiger partial charge in [0.1, 0.15) is 18.6 Å². The predicted molar refractivity (Wildman–Crippen MR) is 110 cm³/mol. The second kappa shape index (κ2) is 8.17. The molecule has 0 bridgehead atoms. The van der Waals surface area contributed by atoms with Gasteiger partial charge >= 0.3 is 0 Å². The van der Waals surface area contributed by atoms with Crippen molar-refractivity contribution in [3.8, 4) is 23.0 Å². The van der Waals surface area contributed by atoms with Gasteiger partial charge < -0.3 is 23.9 Å². The van der Waals surface area contributed by atoms with Crippen LogP contribution in [0, 0.1) is 0 Å². The number of phenolic OH excluding ortho intramolecular Hbond substituents is 1. The molecule has 2 heterocycles. The maximum absolute atomic E-state index is 13.0. The number of para-hydroxylation sites is 2. The number of methoxy groups -OCH3 is 1. The summed E-state index contributed by atoms with van der Waals surface area (Å²) < 4.78 is 16.9. The zero-order valence-electron chi connectivity index (χ0n) is 16.7. The molecule has 6 nitrogen and oxygen atoms in total. The monoisotopic (exact) mass is 396 g/mol. The van der Waals surface area contributed by atoms with Gasteiger partial charge in [0.15, 0.2) is 17.1 Å². The van der Waals surface area contributed by atoms with Gasteiger partial charge in [0.05, 0.1) is 30.6 Å². The Balaban J connectivity index is 1.72. The van der Waals surface area contributed by atoms with Gasteiger partial charge in [0, 0.05) is 0 Å². The molecule has 6 heteroatoms. The van der Waals surface area contributed by atoms with E-state index in [-0.39, 0.29) is 16.9 Å². The molecule has 1 aromatic heterocycles. The first-order valence-electron chi connectivity index (χ1n) is 10.00. The van der Waals surface area contributed by atoms with Crippen LogP contribution in [0.2, 0.25) is 0 Å². The van der Waals surface area contributed by atoms with E-state index in [0.29, 0.717) is 40.6 Å². The van der Waals surface area contributed by atoms with Gasteiger partial charge in [-0.3, -0.25) is 4.79 Å². The number of benzene rings is 2. The van der Waals surface area contributed by atoms with Crippen molar-refractivity contribution in [3.63, 3.8) is 0 Å². The van der Waals surface area contributed by atoms with Gasteiger partial charge in [-0.1, -0.05) is 12.1 Å². The SMILES string of the molecule is COc1ccccc1Oc1coc2c(C[NH+]3CCCC[C@H]3C)c(O)ccc2c1=O. The normalized spacial score (nSPS) is 19.2. The highest BCUT2D eigenvalue weighted by Gasteiger charge is 2.25. The van der Waals surface area contributed by atoms with E-state index in [1.165, 1.54) is 30.4 Å². The first-order valence-corrected chi connectivity index (χ1v) is 10.00. The lowest BCUT2D eigenvalue weighted by Gasteiger charge is -2.30.